The van der Waals surface area contributed by atoms with Gasteiger partial charge in [-0.15, -0.1) is 0 Å². The molecule has 2 N–H and O–H groups in total. The quantitative estimate of drug-likeness (QED) is 0.723. The highest BCUT2D eigenvalue weighted by molar-refractivity contribution is 5.86. The van der Waals surface area contributed by atoms with Crippen LogP contribution >= 0.6 is 0 Å². The van der Waals surface area contributed by atoms with Gasteiger partial charge in [-0.25, -0.2) is 0 Å². The number of nitrogens with one attached hydrogen (secondary N) is 2. The summed E-state index contributed by atoms with van der Waals surface area (Å²) in [5.74, 6) is 0.0465. The van der Waals surface area contributed by atoms with E-state index < -0.39 is 0 Å². The Morgan fingerprint density at radius 1 is 1.30 bits per heavy atom. The molecule has 6 nitrogen and oxygen atoms in total. The number of likely N-dealkylation sites (N-methyl/N-ethyl adjacent to an activating group) is 2. The van der Waals surface area contributed by atoms with Crippen molar-refractivity contribution >= 4 is 22.5 Å². The largest absolute Gasteiger partial charge is 0.362 e. The second kappa shape index (κ2) is 7.97. The van der Waals surface area contributed by atoms with Gasteiger partial charge in [0.25, 0.3) is 0 Å². The summed E-state index contributed by atoms with van der Waals surface area (Å²) in [5, 5.41) is 11.7. The van der Waals surface area contributed by atoms with Crippen LogP contribution in [-0.4, -0.2) is 48.4 Å². The van der Waals surface area contributed by atoms with Crippen molar-refractivity contribution < 1.29 is 4.79 Å². The number of rotatable bonds is 8. The standard InChI is InChI=1S/C17H27N5O/c1-5-18-7-8-19-17(23)12-22(6-2)16-10-15-14(9-13(16)3)11-21(4)20-15/h9-11,18H,5-8,12H2,1-4H3,(H,19,23). The van der Waals surface area contributed by atoms with Crippen molar-refractivity contribution in [2.75, 3.05) is 37.6 Å². The number of aromatic nitrogens is 2. The molecule has 1 amide bonds. The number of amides is 1. The van der Waals surface area contributed by atoms with E-state index >= 15 is 0 Å². The molecule has 1 heterocycles. The minimum absolute atomic E-state index is 0.0465. The highest BCUT2D eigenvalue weighted by atomic mass is 16.2. The molecule has 0 aliphatic carbocycles. The fourth-order valence-corrected chi connectivity index (χ4v) is 2.70. The SMILES string of the molecule is CCNCCNC(=O)CN(CC)c1cc2nn(C)cc2cc1C. The second-order valence-corrected chi connectivity index (χ2v) is 5.72. The lowest BCUT2D eigenvalue weighted by Crippen LogP contribution is -2.40. The number of carbonyl (C=O) groups is 1. The first-order chi connectivity index (χ1) is 11.0. The summed E-state index contributed by atoms with van der Waals surface area (Å²) in [6.07, 6.45) is 2.01. The zero-order valence-electron chi connectivity index (χ0n) is 14.5. The molecule has 0 aliphatic heterocycles. The van der Waals surface area contributed by atoms with E-state index in [1.54, 1.807) is 0 Å². The lowest BCUT2D eigenvalue weighted by Gasteiger charge is -2.24. The number of benzene rings is 1. The summed E-state index contributed by atoms with van der Waals surface area (Å²) in [6.45, 7) is 9.70. The smallest absolute Gasteiger partial charge is 0.239 e. The fourth-order valence-electron chi connectivity index (χ4n) is 2.70. The molecule has 0 saturated carbocycles. The third-order valence-corrected chi connectivity index (χ3v) is 3.87. The van der Waals surface area contributed by atoms with Crippen LogP contribution in [0.3, 0.4) is 0 Å². The summed E-state index contributed by atoms with van der Waals surface area (Å²) in [7, 11) is 1.92. The van der Waals surface area contributed by atoms with Crippen LogP contribution in [0.25, 0.3) is 10.9 Å². The van der Waals surface area contributed by atoms with Gasteiger partial charge in [0.15, 0.2) is 0 Å². The van der Waals surface area contributed by atoms with Gasteiger partial charge in [0.2, 0.25) is 5.91 Å². The first kappa shape index (κ1) is 17.3. The van der Waals surface area contributed by atoms with Crippen LogP contribution < -0.4 is 15.5 Å². The van der Waals surface area contributed by atoms with Crippen molar-refractivity contribution in [2.45, 2.75) is 20.8 Å². The van der Waals surface area contributed by atoms with E-state index in [1.807, 2.05) is 17.9 Å². The molecule has 0 radical (unpaired) electrons. The maximum absolute atomic E-state index is 12.1. The summed E-state index contributed by atoms with van der Waals surface area (Å²) in [4.78, 5) is 14.2. The van der Waals surface area contributed by atoms with Crippen molar-refractivity contribution in [1.29, 1.82) is 0 Å². The Bertz CT molecular complexity index is 664. The Hall–Kier alpha value is -2.08. The number of aryl methyl sites for hydroxylation is 2. The Labute approximate surface area is 137 Å². The van der Waals surface area contributed by atoms with E-state index in [0.29, 0.717) is 13.1 Å². The molecule has 23 heavy (non-hydrogen) atoms. The summed E-state index contributed by atoms with van der Waals surface area (Å²) < 4.78 is 1.82. The number of anilines is 1. The number of carbonyl (C=O) groups excluding carboxylic acids is 1. The highest BCUT2D eigenvalue weighted by Crippen LogP contribution is 2.25. The van der Waals surface area contributed by atoms with Crippen LogP contribution in [0.15, 0.2) is 18.3 Å². The van der Waals surface area contributed by atoms with Crippen molar-refractivity contribution in [3.63, 3.8) is 0 Å². The molecule has 0 spiro atoms. The number of nitrogens with zero attached hydrogens (tertiary/aromatic N) is 3. The molecule has 6 heteroatoms. The minimum Gasteiger partial charge on any atom is -0.362 e. The molecular formula is C17H27N5O. The number of hydrogen-bond donors (Lipinski definition) is 2. The van der Waals surface area contributed by atoms with Crippen molar-refractivity contribution in [2.24, 2.45) is 7.05 Å². The van der Waals surface area contributed by atoms with Crippen LogP contribution in [-0.2, 0) is 11.8 Å². The molecule has 2 rings (SSSR count). The molecule has 0 atom stereocenters. The van der Waals surface area contributed by atoms with E-state index in [0.717, 1.165) is 41.8 Å². The minimum atomic E-state index is 0.0465. The Balaban J connectivity index is 2.07. The normalized spacial score (nSPS) is 11.0. The van der Waals surface area contributed by atoms with Crippen LogP contribution in [0.4, 0.5) is 5.69 Å². The topological polar surface area (TPSA) is 62.2 Å². The predicted octanol–water partition coefficient (Wildman–Crippen LogP) is 1.43. The molecule has 1 aromatic heterocycles. The maximum atomic E-state index is 12.1. The van der Waals surface area contributed by atoms with E-state index in [1.165, 1.54) is 0 Å². The third kappa shape index (κ3) is 4.45. The molecule has 0 bridgehead atoms. The molecule has 126 valence electrons. The van der Waals surface area contributed by atoms with Crippen LogP contribution in [0.1, 0.15) is 19.4 Å². The number of fused-ring (bicyclic) bond motifs is 1. The van der Waals surface area contributed by atoms with Gasteiger partial charge < -0.3 is 15.5 Å². The molecule has 1 aromatic carbocycles. The monoisotopic (exact) mass is 317 g/mol. The second-order valence-electron chi connectivity index (χ2n) is 5.72. The first-order valence-corrected chi connectivity index (χ1v) is 8.21. The van der Waals surface area contributed by atoms with Gasteiger partial charge in [-0.2, -0.15) is 5.10 Å². The summed E-state index contributed by atoms with van der Waals surface area (Å²) in [5.41, 5.74) is 3.19. The van der Waals surface area contributed by atoms with Crippen LogP contribution in [0.5, 0.6) is 0 Å². The zero-order valence-corrected chi connectivity index (χ0v) is 14.5. The zero-order chi connectivity index (χ0) is 16.8. The number of hydrogen-bond acceptors (Lipinski definition) is 4. The van der Waals surface area contributed by atoms with Gasteiger partial charge in [0.05, 0.1) is 12.1 Å². The average molecular weight is 317 g/mol. The molecule has 0 saturated heterocycles. The Morgan fingerprint density at radius 2 is 2.09 bits per heavy atom. The van der Waals surface area contributed by atoms with Crippen LogP contribution in [0, 0.1) is 6.92 Å². The third-order valence-electron chi connectivity index (χ3n) is 3.87. The van der Waals surface area contributed by atoms with Gasteiger partial charge in [-0.05, 0) is 38.1 Å². The van der Waals surface area contributed by atoms with Gasteiger partial charge in [0.1, 0.15) is 0 Å². The van der Waals surface area contributed by atoms with Gasteiger partial charge in [-0.1, -0.05) is 6.92 Å². The van der Waals surface area contributed by atoms with Gasteiger partial charge in [0, 0.05) is 44.0 Å². The molecule has 0 fully saturated rings. The summed E-state index contributed by atoms with van der Waals surface area (Å²) in [6, 6.07) is 4.20. The van der Waals surface area contributed by atoms with Crippen molar-refractivity contribution in [1.82, 2.24) is 20.4 Å². The van der Waals surface area contributed by atoms with Crippen LogP contribution in [0.2, 0.25) is 0 Å². The maximum Gasteiger partial charge on any atom is 0.239 e. The molecule has 2 aromatic rings. The molecule has 0 aliphatic rings. The predicted molar refractivity (Wildman–Crippen MR) is 94.9 cm³/mol. The summed E-state index contributed by atoms with van der Waals surface area (Å²) >= 11 is 0. The Kier molecular flexibility index (Phi) is 5.98. The van der Waals surface area contributed by atoms with E-state index in [-0.39, 0.29) is 5.91 Å². The first-order valence-electron chi connectivity index (χ1n) is 8.21. The lowest BCUT2D eigenvalue weighted by atomic mass is 10.1. The van der Waals surface area contributed by atoms with Crippen molar-refractivity contribution in [3.05, 3.63) is 23.9 Å². The molecule has 0 unspecified atom stereocenters. The van der Waals surface area contributed by atoms with Crippen molar-refractivity contribution in [3.8, 4) is 0 Å². The fraction of sp³-hybridized carbons (Fsp3) is 0.529. The van der Waals surface area contributed by atoms with Gasteiger partial charge >= 0.3 is 0 Å². The lowest BCUT2D eigenvalue weighted by molar-refractivity contribution is -0.119. The molecular weight excluding hydrogens is 290 g/mol. The average Bonchev–Trinajstić information content (AvgIpc) is 2.87. The van der Waals surface area contributed by atoms with E-state index in [4.69, 9.17) is 0 Å². The Morgan fingerprint density at radius 3 is 2.78 bits per heavy atom. The van der Waals surface area contributed by atoms with E-state index in [9.17, 15) is 4.79 Å². The van der Waals surface area contributed by atoms with E-state index in [2.05, 4.69) is 53.5 Å². The highest BCUT2D eigenvalue weighted by Gasteiger charge is 2.13. The van der Waals surface area contributed by atoms with Gasteiger partial charge in [-0.3, -0.25) is 9.48 Å².